The second-order valence-electron chi connectivity index (χ2n) is 5.84. The van der Waals surface area contributed by atoms with Crippen LogP contribution >= 0.6 is 0 Å². The molecule has 23 heavy (non-hydrogen) atoms. The molecule has 3 rings (SSSR count). The maximum Gasteiger partial charge on any atom is 0.226 e. The molecule has 1 heterocycles. The van der Waals surface area contributed by atoms with Gasteiger partial charge in [0.1, 0.15) is 11.6 Å². The number of aryl methyl sites for hydroxylation is 2. The van der Waals surface area contributed by atoms with E-state index in [9.17, 15) is 4.79 Å². The van der Waals surface area contributed by atoms with Gasteiger partial charge in [-0.25, -0.2) is 9.97 Å². The molecule has 2 N–H and O–H groups in total. The summed E-state index contributed by atoms with van der Waals surface area (Å²) < 4.78 is 0. The number of para-hydroxylation sites is 1. The fraction of sp³-hybridized carbons (Fsp3) is 0.389. The number of nitrogens with zero attached hydrogens (tertiary/aromatic N) is 2. The maximum absolute atomic E-state index is 12.0. The highest BCUT2D eigenvalue weighted by Crippen LogP contribution is 2.25. The van der Waals surface area contributed by atoms with Crippen LogP contribution in [0, 0.1) is 6.92 Å². The van der Waals surface area contributed by atoms with Crippen LogP contribution in [-0.4, -0.2) is 22.4 Å². The second-order valence-corrected chi connectivity index (χ2v) is 5.84. The van der Waals surface area contributed by atoms with E-state index in [-0.39, 0.29) is 5.91 Å². The fourth-order valence-electron chi connectivity index (χ4n) is 2.90. The van der Waals surface area contributed by atoms with E-state index in [1.807, 2.05) is 37.3 Å². The van der Waals surface area contributed by atoms with Gasteiger partial charge in [-0.05, 0) is 44.7 Å². The number of rotatable bonds is 5. The van der Waals surface area contributed by atoms with Crippen LogP contribution in [0.25, 0.3) is 0 Å². The molecule has 0 spiro atoms. The summed E-state index contributed by atoms with van der Waals surface area (Å²) in [5.74, 6) is 1.70. The first-order valence-electron chi connectivity index (χ1n) is 8.17. The van der Waals surface area contributed by atoms with Crippen molar-refractivity contribution in [2.24, 2.45) is 0 Å². The van der Waals surface area contributed by atoms with Gasteiger partial charge in [0.15, 0.2) is 0 Å². The minimum atomic E-state index is 0.00310. The molecule has 5 heteroatoms. The number of nitrogens with one attached hydrogen (secondary N) is 2. The van der Waals surface area contributed by atoms with Gasteiger partial charge in [0.25, 0.3) is 0 Å². The number of aromatic nitrogens is 2. The Morgan fingerprint density at radius 3 is 2.74 bits per heavy atom. The molecule has 120 valence electrons. The Hall–Kier alpha value is -2.43. The molecule has 0 radical (unpaired) electrons. The Morgan fingerprint density at radius 1 is 1.13 bits per heavy atom. The molecule has 0 bridgehead atoms. The summed E-state index contributed by atoms with van der Waals surface area (Å²) in [6, 6.07) is 9.51. The van der Waals surface area contributed by atoms with Gasteiger partial charge in [0.2, 0.25) is 5.91 Å². The first-order valence-corrected chi connectivity index (χ1v) is 8.17. The summed E-state index contributed by atoms with van der Waals surface area (Å²) in [6.07, 6.45) is 4.84. The molecule has 1 aromatic heterocycles. The van der Waals surface area contributed by atoms with E-state index >= 15 is 0 Å². The maximum atomic E-state index is 12.0. The molecule has 1 aromatic carbocycles. The van der Waals surface area contributed by atoms with E-state index in [0.29, 0.717) is 13.0 Å². The molecule has 0 saturated carbocycles. The van der Waals surface area contributed by atoms with E-state index < -0.39 is 0 Å². The summed E-state index contributed by atoms with van der Waals surface area (Å²) in [7, 11) is 0. The third-order valence-electron chi connectivity index (χ3n) is 4.00. The van der Waals surface area contributed by atoms with Gasteiger partial charge in [-0.1, -0.05) is 18.2 Å². The Labute approximate surface area is 136 Å². The van der Waals surface area contributed by atoms with Crippen LogP contribution < -0.4 is 10.6 Å². The standard InChI is InChI=1S/C18H22N4O/c1-13-20-16-10-6-5-9-15(16)18(21-13)19-12-11-17(23)22-14-7-3-2-4-8-14/h2-4,7-8H,5-6,9-12H2,1H3,(H,22,23)(H,19,20,21). The van der Waals surface area contributed by atoms with Crippen LogP contribution in [0.15, 0.2) is 30.3 Å². The number of hydrogen-bond acceptors (Lipinski definition) is 4. The average molecular weight is 310 g/mol. The number of carbonyl (C=O) groups is 1. The zero-order valence-electron chi connectivity index (χ0n) is 13.4. The van der Waals surface area contributed by atoms with Crippen LogP contribution in [0.2, 0.25) is 0 Å². The van der Waals surface area contributed by atoms with Crippen molar-refractivity contribution in [1.29, 1.82) is 0 Å². The predicted molar refractivity (Wildman–Crippen MR) is 91.6 cm³/mol. The smallest absolute Gasteiger partial charge is 0.226 e. The van der Waals surface area contributed by atoms with Crippen molar-refractivity contribution in [3.63, 3.8) is 0 Å². The summed E-state index contributed by atoms with van der Waals surface area (Å²) in [4.78, 5) is 21.0. The zero-order chi connectivity index (χ0) is 16.1. The summed E-state index contributed by atoms with van der Waals surface area (Å²) in [5, 5.41) is 6.21. The molecule has 0 atom stereocenters. The number of benzene rings is 1. The van der Waals surface area contributed by atoms with Crippen molar-refractivity contribution in [2.45, 2.75) is 39.0 Å². The molecule has 0 unspecified atom stereocenters. The van der Waals surface area contributed by atoms with Crippen molar-refractivity contribution in [1.82, 2.24) is 9.97 Å². The van der Waals surface area contributed by atoms with Crippen molar-refractivity contribution >= 4 is 17.4 Å². The number of amides is 1. The topological polar surface area (TPSA) is 66.9 Å². The monoisotopic (exact) mass is 310 g/mol. The molecular weight excluding hydrogens is 288 g/mol. The van der Waals surface area contributed by atoms with Crippen molar-refractivity contribution < 1.29 is 4.79 Å². The number of carbonyl (C=O) groups excluding carboxylic acids is 1. The average Bonchev–Trinajstić information content (AvgIpc) is 2.55. The molecule has 0 fully saturated rings. The fourth-order valence-corrected chi connectivity index (χ4v) is 2.90. The lowest BCUT2D eigenvalue weighted by molar-refractivity contribution is -0.115. The van der Waals surface area contributed by atoms with Gasteiger partial charge in [0.05, 0.1) is 0 Å². The van der Waals surface area contributed by atoms with E-state index in [4.69, 9.17) is 0 Å². The van der Waals surface area contributed by atoms with Gasteiger partial charge in [0, 0.05) is 29.9 Å². The molecule has 1 aliphatic rings. The lowest BCUT2D eigenvalue weighted by atomic mass is 9.96. The minimum absolute atomic E-state index is 0.00310. The van der Waals surface area contributed by atoms with Crippen LogP contribution in [0.5, 0.6) is 0 Å². The summed E-state index contributed by atoms with van der Waals surface area (Å²) >= 11 is 0. The SMILES string of the molecule is Cc1nc2c(c(NCCC(=O)Nc3ccccc3)n1)CCCC2. The third kappa shape index (κ3) is 4.06. The molecular formula is C18H22N4O. The summed E-state index contributed by atoms with van der Waals surface area (Å²) in [6.45, 7) is 2.49. The number of hydrogen-bond donors (Lipinski definition) is 2. The van der Waals surface area contributed by atoms with Crippen LogP contribution in [0.3, 0.4) is 0 Å². The van der Waals surface area contributed by atoms with E-state index in [1.165, 1.54) is 24.1 Å². The van der Waals surface area contributed by atoms with Gasteiger partial charge in [-0.15, -0.1) is 0 Å². The lowest BCUT2D eigenvalue weighted by Gasteiger charge is -2.19. The van der Waals surface area contributed by atoms with Crippen molar-refractivity contribution in [2.75, 3.05) is 17.2 Å². The molecule has 0 saturated heterocycles. The number of fused-ring (bicyclic) bond motifs is 1. The highest BCUT2D eigenvalue weighted by molar-refractivity contribution is 5.90. The van der Waals surface area contributed by atoms with Crippen molar-refractivity contribution in [3.05, 3.63) is 47.4 Å². The van der Waals surface area contributed by atoms with Gasteiger partial charge in [-0.2, -0.15) is 0 Å². The Bertz CT molecular complexity index is 685. The minimum Gasteiger partial charge on any atom is -0.369 e. The van der Waals surface area contributed by atoms with Gasteiger partial charge in [-0.3, -0.25) is 4.79 Å². The third-order valence-corrected chi connectivity index (χ3v) is 4.00. The Balaban J connectivity index is 1.56. The molecule has 1 amide bonds. The highest BCUT2D eigenvalue weighted by atomic mass is 16.1. The van der Waals surface area contributed by atoms with Crippen molar-refractivity contribution in [3.8, 4) is 0 Å². The Morgan fingerprint density at radius 2 is 1.91 bits per heavy atom. The van der Waals surface area contributed by atoms with E-state index in [0.717, 1.165) is 30.2 Å². The first kappa shape index (κ1) is 15.5. The molecule has 1 aliphatic carbocycles. The molecule has 2 aromatic rings. The highest BCUT2D eigenvalue weighted by Gasteiger charge is 2.16. The van der Waals surface area contributed by atoms with Crippen LogP contribution in [0.1, 0.15) is 36.3 Å². The second kappa shape index (κ2) is 7.22. The lowest BCUT2D eigenvalue weighted by Crippen LogP contribution is -2.19. The Kier molecular flexibility index (Phi) is 4.86. The van der Waals surface area contributed by atoms with Gasteiger partial charge < -0.3 is 10.6 Å². The molecule has 5 nitrogen and oxygen atoms in total. The van der Waals surface area contributed by atoms with E-state index in [2.05, 4.69) is 20.6 Å². The predicted octanol–water partition coefficient (Wildman–Crippen LogP) is 3.10. The van der Waals surface area contributed by atoms with Gasteiger partial charge >= 0.3 is 0 Å². The summed E-state index contributed by atoms with van der Waals surface area (Å²) in [5.41, 5.74) is 3.22. The zero-order valence-corrected chi connectivity index (χ0v) is 13.4. The van der Waals surface area contributed by atoms with Crippen LogP contribution in [0.4, 0.5) is 11.5 Å². The largest absolute Gasteiger partial charge is 0.369 e. The van der Waals surface area contributed by atoms with Crippen LogP contribution in [-0.2, 0) is 17.6 Å². The van der Waals surface area contributed by atoms with E-state index in [1.54, 1.807) is 0 Å². The first-order chi connectivity index (χ1) is 11.2. The normalized spacial score (nSPS) is 13.3. The quantitative estimate of drug-likeness (QED) is 0.890. The molecule has 0 aliphatic heterocycles. The number of anilines is 2.